The van der Waals surface area contributed by atoms with Crippen LogP contribution in [0.25, 0.3) is 0 Å². The number of methoxy groups -OCH3 is 2. The number of nitrogens with two attached hydrogens (primary N) is 1. The number of aryl methyl sites for hydroxylation is 1. The third-order valence-corrected chi connectivity index (χ3v) is 3.17. The van der Waals surface area contributed by atoms with Crippen molar-refractivity contribution in [3.63, 3.8) is 0 Å². The van der Waals surface area contributed by atoms with Crippen LogP contribution in [0.4, 0.5) is 0 Å². The van der Waals surface area contributed by atoms with E-state index < -0.39 is 0 Å². The Morgan fingerprint density at radius 3 is 2.56 bits per heavy atom. The van der Waals surface area contributed by atoms with E-state index in [0.717, 1.165) is 43.6 Å². The zero-order chi connectivity index (χ0) is 13.4. The highest BCUT2D eigenvalue weighted by Crippen LogP contribution is 2.25. The largest absolute Gasteiger partial charge is 0.497 e. The van der Waals surface area contributed by atoms with Crippen LogP contribution in [0.3, 0.4) is 0 Å². The van der Waals surface area contributed by atoms with Crippen molar-refractivity contribution >= 4 is 0 Å². The molecule has 0 bridgehead atoms. The molecular formula is C15H25NO2. The van der Waals surface area contributed by atoms with Crippen molar-refractivity contribution < 1.29 is 9.47 Å². The van der Waals surface area contributed by atoms with E-state index in [0.29, 0.717) is 6.04 Å². The summed E-state index contributed by atoms with van der Waals surface area (Å²) in [6.07, 6.45) is 5.40. The van der Waals surface area contributed by atoms with Gasteiger partial charge in [0, 0.05) is 6.04 Å². The van der Waals surface area contributed by atoms with Crippen LogP contribution >= 0.6 is 0 Å². The summed E-state index contributed by atoms with van der Waals surface area (Å²) in [4.78, 5) is 0. The number of benzene rings is 1. The molecule has 0 aliphatic rings. The first kappa shape index (κ1) is 14.8. The minimum absolute atomic E-state index is 0.326. The standard InChI is InChI=1S/C15H25NO2/c1-4-6-13(16)8-5-7-12-11-14(17-2)9-10-15(12)18-3/h9-11,13H,4-8,16H2,1-3H3. The molecule has 1 atom stereocenters. The van der Waals surface area contributed by atoms with Gasteiger partial charge in [-0.25, -0.2) is 0 Å². The van der Waals surface area contributed by atoms with E-state index in [4.69, 9.17) is 15.2 Å². The molecule has 1 aromatic carbocycles. The van der Waals surface area contributed by atoms with E-state index in [9.17, 15) is 0 Å². The van der Waals surface area contributed by atoms with Gasteiger partial charge in [0.1, 0.15) is 11.5 Å². The molecule has 2 N–H and O–H groups in total. The number of ether oxygens (including phenoxy) is 2. The van der Waals surface area contributed by atoms with Gasteiger partial charge in [-0.1, -0.05) is 13.3 Å². The van der Waals surface area contributed by atoms with Crippen LogP contribution in [-0.4, -0.2) is 20.3 Å². The lowest BCUT2D eigenvalue weighted by molar-refractivity contribution is 0.397. The van der Waals surface area contributed by atoms with E-state index in [1.165, 1.54) is 5.56 Å². The third-order valence-electron chi connectivity index (χ3n) is 3.17. The molecule has 0 amide bonds. The monoisotopic (exact) mass is 251 g/mol. The molecule has 0 aliphatic heterocycles. The molecule has 102 valence electrons. The minimum atomic E-state index is 0.326. The summed E-state index contributed by atoms with van der Waals surface area (Å²) in [5.41, 5.74) is 7.21. The molecule has 0 fully saturated rings. The second kappa shape index (κ2) is 7.98. The average molecular weight is 251 g/mol. The third kappa shape index (κ3) is 4.57. The van der Waals surface area contributed by atoms with Gasteiger partial charge in [-0.05, 0) is 49.4 Å². The van der Waals surface area contributed by atoms with Crippen LogP contribution in [0.2, 0.25) is 0 Å². The van der Waals surface area contributed by atoms with Gasteiger partial charge in [0.15, 0.2) is 0 Å². The maximum absolute atomic E-state index is 6.02. The summed E-state index contributed by atoms with van der Waals surface area (Å²) in [6.45, 7) is 2.17. The molecule has 0 aromatic heterocycles. The zero-order valence-corrected chi connectivity index (χ0v) is 11.7. The maximum atomic E-state index is 6.02. The number of rotatable bonds is 8. The molecule has 1 unspecified atom stereocenters. The summed E-state index contributed by atoms with van der Waals surface area (Å²) in [5.74, 6) is 1.81. The normalized spacial score (nSPS) is 12.2. The average Bonchev–Trinajstić information content (AvgIpc) is 2.39. The van der Waals surface area contributed by atoms with Crippen LogP contribution in [0.5, 0.6) is 11.5 Å². The molecule has 3 nitrogen and oxygen atoms in total. The molecule has 1 rings (SSSR count). The topological polar surface area (TPSA) is 44.5 Å². The van der Waals surface area contributed by atoms with Crippen molar-refractivity contribution in [1.82, 2.24) is 0 Å². The van der Waals surface area contributed by atoms with Crippen molar-refractivity contribution in [2.45, 2.75) is 45.1 Å². The Morgan fingerprint density at radius 2 is 1.94 bits per heavy atom. The first-order chi connectivity index (χ1) is 8.71. The Hall–Kier alpha value is -1.22. The summed E-state index contributed by atoms with van der Waals surface area (Å²) in [7, 11) is 3.39. The second-order valence-electron chi connectivity index (χ2n) is 4.62. The molecule has 0 aliphatic carbocycles. The molecule has 0 saturated heterocycles. The molecule has 3 heteroatoms. The Labute approximate surface area is 110 Å². The van der Waals surface area contributed by atoms with Crippen LogP contribution in [0, 0.1) is 0 Å². The molecular weight excluding hydrogens is 226 g/mol. The van der Waals surface area contributed by atoms with Gasteiger partial charge in [-0.3, -0.25) is 0 Å². The van der Waals surface area contributed by atoms with Crippen molar-refractivity contribution in [3.05, 3.63) is 23.8 Å². The van der Waals surface area contributed by atoms with Crippen molar-refractivity contribution in [1.29, 1.82) is 0 Å². The molecule has 0 radical (unpaired) electrons. The van der Waals surface area contributed by atoms with Crippen LogP contribution < -0.4 is 15.2 Å². The quantitative estimate of drug-likeness (QED) is 0.772. The summed E-state index contributed by atoms with van der Waals surface area (Å²) in [6, 6.07) is 6.25. The van der Waals surface area contributed by atoms with E-state index in [-0.39, 0.29) is 0 Å². The van der Waals surface area contributed by atoms with Crippen molar-refractivity contribution in [2.75, 3.05) is 14.2 Å². The van der Waals surface area contributed by atoms with Crippen LogP contribution in [0.1, 0.15) is 38.2 Å². The fraction of sp³-hybridized carbons (Fsp3) is 0.600. The van der Waals surface area contributed by atoms with E-state index >= 15 is 0 Å². The molecule has 0 heterocycles. The van der Waals surface area contributed by atoms with Gasteiger partial charge in [0.2, 0.25) is 0 Å². The van der Waals surface area contributed by atoms with Gasteiger partial charge in [0.25, 0.3) is 0 Å². The Morgan fingerprint density at radius 1 is 1.17 bits per heavy atom. The zero-order valence-electron chi connectivity index (χ0n) is 11.7. The number of hydrogen-bond acceptors (Lipinski definition) is 3. The Bertz CT molecular complexity index is 352. The highest BCUT2D eigenvalue weighted by Gasteiger charge is 2.06. The van der Waals surface area contributed by atoms with Crippen LogP contribution in [0.15, 0.2) is 18.2 Å². The fourth-order valence-electron chi connectivity index (χ4n) is 2.15. The van der Waals surface area contributed by atoms with Crippen LogP contribution in [-0.2, 0) is 6.42 Å². The Kier molecular flexibility index (Phi) is 6.58. The lowest BCUT2D eigenvalue weighted by Gasteiger charge is -2.12. The second-order valence-corrected chi connectivity index (χ2v) is 4.62. The SMILES string of the molecule is CCCC(N)CCCc1cc(OC)ccc1OC. The summed E-state index contributed by atoms with van der Waals surface area (Å²) in [5, 5.41) is 0. The summed E-state index contributed by atoms with van der Waals surface area (Å²) >= 11 is 0. The molecule has 0 saturated carbocycles. The highest BCUT2D eigenvalue weighted by atomic mass is 16.5. The van der Waals surface area contributed by atoms with Gasteiger partial charge in [-0.15, -0.1) is 0 Å². The van der Waals surface area contributed by atoms with Gasteiger partial charge < -0.3 is 15.2 Å². The first-order valence-corrected chi connectivity index (χ1v) is 6.67. The predicted octanol–water partition coefficient (Wildman–Crippen LogP) is 3.15. The van der Waals surface area contributed by atoms with Crippen molar-refractivity contribution in [2.24, 2.45) is 5.73 Å². The lowest BCUT2D eigenvalue weighted by Crippen LogP contribution is -2.19. The van der Waals surface area contributed by atoms with E-state index in [2.05, 4.69) is 6.92 Å². The van der Waals surface area contributed by atoms with Gasteiger partial charge >= 0.3 is 0 Å². The maximum Gasteiger partial charge on any atom is 0.122 e. The first-order valence-electron chi connectivity index (χ1n) is 6.67. The highest BCUT2D eigenvalue weighted by molar-refractivity contribution is 5.40. The van der Waals surface area contributed by atoms with Crippen molar-refractivity contribution in [3.8, 4) is 11.5 Å². The molecule has 1 aromatic rings. The van der Waals surface area contributed by atoms with E-state index in [1.54, 1.807) is 14.2 Å². The van der Waals surface area contributed by atoms with Gasteiger partial charge in [-0.2, -0.15) is 0 Å². The number of hydrogen-bond donors (Lipinski definition) is 1. The predicted molar refractivity (Wildman–Crippen MR) is 75.4 cm³/mol. The van der Waals surface area contributed by atoms with Gasteiger partial charge in [0.05, 0.1) is 14.2 Å². The lowest BCUT2D eigenvalue weighted by atomic mass is 10.0. The minimum Gasteiger partial charge on any atom is -0.497 e. The Balaban J connectivity index is 2.54. The fourth-order valence-corrected chi connectivity index (χ4v) is 2.15. The van der Waals surface area contributed by atoms with E-state index in [1.807, 2.05) is 18.2 Å². The smallest absolute Gasteiger partial charge is 0.122 e. The molecule has 18 heavy (non-hydrogen) atoms. The summed E-state index contributed by atoms with van der Waals surface area (Å²) < 4.78 is 10.6. The molecule has 0 spiro atoms.